The predicted molar refractivity (Wildman–Crippen MR) is 97.1 cm³/mol. The zero-order valence-electron chi connectivity index (χ0n) is 11.5. The average Bonchev–Trinajstić information content (AvgIpc) is 2.52. The first-order valence-corrected chi connectivity index (χ1v) is 8.51. The Morgan fingerprint density at radius 1 is 0.857 bits per heavy atom. The molecule has 0 spiro atoms. The van der Waals surface area contributed by atoms with Gasteiger partial charge in [-0.25, -0.2) is 0 Å². The van der Waals surface area contributed by atoms with Crippen LogP contribution in [-0.2, 0) is 0 Å². The first kappa shape index (κ1) is 14.6. The molecule has 0 fully saturated rings. The Labute approximate surface area is 142 Å². The second kappa shape index (κ2) is 6.63. The number of nitrogens with zero attached hydrogens (tertiary/aromatic N) is 1. The Kier molecular flexibility index (Phi) is 4.61. The highest BCUT2D eigenvalue weighted by molar-refractivity contribution is 9.11. The summed E-state index contributed by atoms with van der Waals surface area (Å²) in [5.74, 6) is 0. The lowest BCUT2D eigenvalue weighted by Crippen LogP contribution is -2.17. The van der Waals surface area contributed by atoms with Gasteiger partial charge in [0.15, 0.2) is 0 Å². The minimum Gasteiger partial charge on any atom is -0.309 e. The lowest BCUT2D eigenvalue weighted by atomic mass is 10.1. The predicted octanol–water partition coefficient (Wildman–Crippen LogP) is 6.54. The van der Waals surface area contributed by atoms with Gasteiger partial charge in [0.05, 0.1) is 11.4 Å². The fourth-order valence-electron chi connectivity index (χ4n) is 2.44. The van der Waals surface area contributed by atoms with Crippen LogP contribution < -0.4 is 4.90 Å². The van der Waals surface area contributed by atoms with Crippen LogP contribution in [0.4, 0.5) is 11.4 Å². The van der Waals surface area contributed by atoms with Crippen molar-refractivity contribution in [3.63, 3.8) is 0 Å². The maximum Gasteiger partial charge on any atom is 0.0604 e. The molecule has 106 valence electrons. The highest BCUT2D eigenvalue weighted by atomic mass is 79.9. The number of anilines is 2. The van der Waals surface area contributed by atoms with Gasteiger partial charge in [-0.1, -0.05) is 52.3 Å². The molecule has 0 amide bonds. The van der Waals surface area contributed by atoms with Gasteiger partial charge < -0.3 is 4.90 Å². The SMILES string of the molecule is BrC1=C(N(c2ccccc2)c2ccccc2Br)C=CCC1. The normalized spacial score (nSPS) is 14.4. The summed E-state index contributed by atoms with van der Waals surface area (Å²) in [6.45, 7) is 0. The van der Waals surface area contributed by atoms with E-state index in [1.807, 2.05) is 12.1 Å². The molecule has 1 aliphatic rings. The van der Waals surface area contributed by atoms with E-state index in [9.17, 15) is 0 Å². The van der Waals surface area contributed by atoms with E-state index in [-0.39, 0.29) is 0 Å². The van der Waals surface area contributed by atoms with Crippen LogP contribution in [0.15, 0.2) is 81.4 Å². The Hall–Kier alpha value is -1.32. The fraction of sp³-hybridized carbons (Fsp3) is 0.111. The van der Waals surface area contributed by atoms with Gasteiger partial charge in [0.25, 0.3) is 0 Å². The van der Waals surface area contributed by atoms with Gasteiger partial charge in [0.2, 0.25) is 0 Å². The number of halogens is 2. The molecule has 0 aliphatic heterocycles. The first-order chi connectivity index (χ1) is 10.3. The number of benzene rings is 2. The minimum atomic E-state index is 1.04. The van der Waals surface area contributed by atoms with Crippen molar-refractivity contribution in [1.82, 2.24) is 0 Å². The van der Waals surface area contributed by atoms with Crippen LogP contribution in [-0.4, -0.2) is 0 Å². The van der Waals surface area contributed by atoms with Gasteiger partial charge in [-0.2, -0.15) is 0 Å². The first-order valence-electron chi connectivity index (χ1n) is 6.92. The lowest BCUT2D eigenvalue weighted by Gasteiger charge is -2.29. The molecular weight excluding hydrogens is 390 g/mol. The van der Waals surface area contributed by atoms with E-state index in [0.29, 0.717) is 0 Å². The molecule has 1 aliphatic carbocycles. The van der Waals surface area contributed by atoms with Gasteiger partial charge in [-0.3, -0.25) is 0 Å². The van der Waals surface area contributed by atoms with Crippen LogP contribution >= 0.6 is 31.9 Å². The summed E-state index contributed by atoms with van der Waals surface area (Å²) >= 11 is 7.42. The molecule has 2 aromatic rings. The van der Waals surface area contributed by atoms with E-state index < -0.39 is 0 Å². The van der Waals surface area contributed by atoms with E-state index in [4.69, 9.17) is 0 Å². The van der Waals surface area contributed by atoms with Gasteiger partial charge in [0, 0.05) is 14.6 Å². The number of allylic oxidation sites excluding steroid dienone is 3. The monoisotopic (exact) mass is 403 g/mol. The Morgan fingerprint density at radius 2 is 1.57 bits per heavy atom. The topological polar surface area (TPSA) is 3.24 Å². The van der Waals surface area contributed by atoms with E-state index >= 15 is 0 Å². The summed E-state index contributed by atoms with van der Waals surface area (Å²) in [4.78, 5) is 2.28. The van der Waals surface area contributed by atoms with Crippen LogP contribution in [0.2, 0.25) is 0 Å². The van der Waals surface area contributed by atoms with Gasteiger partial charge >= 0.3 is 0 Å². The van der Waals surface area contributed by atoms with Crippen molar-refractivity contribution in [2.45, 2.75) is 12.8 Å². The maximum atomic E-state index is 3.75. The molecule has 3 rings (SSSR count). The zero-order valence-corrected chi connectivity index (χ0v) is 14.6. The van der Waals surface area contributed by atoms with E-state index in [2.05, 4.69) is 91.4 Å². The third kappa shape index (κ3) is 3.14. The van der Waals surface area contributed by atoms with Crippen LogP contribution in [0.5, 0.6) is 0 Å². The molecule has 2 aromatic carbocycles. The zero-order chi connectivity index (χ0) is 14.7. The van der Waals surface area contributed by atoms with Crippen molar-refractivity contribution in [3.05, 3.63) is 81.4 Å². The largest absolute Gasteiger partial charge is 0.309 e. The van der Waals surface area contributed by atoms with Crippen molar-refractivity contribution >= 4 is 43.2 Å². The van der Waals surface area contributed by atoms with Crippen molar-refractivity contribution in [2.75, 3.05) is 4.90 Å². The summed E-state index contributed by atoms with van der Waals surface area (Å²) in [6.07, 6.45) is 6.55. The van der Waals surface area contributed by atoms with E-state index in [1.54, 1.807) is 0 Å². The average molecular weight is 405 g/mol. The van der Waals surface area contributed by atoms with Crippen molar-refractivity contribution < 1.29 is 0 Å². The van der Waals surface area contributed by atoms with Gasteiger partial charge in [-0.15, -0.1) is 0 Å². The summed E-state index contributed by atoms with van der Waals surface area (Å²) in [5.41, 5.74) is 3.49. The second-order valence-electron chi connectivity index (χ2n) is 4.85. The molecule has 0 unspecified atom stereocenters. The molecule has 0 N–H and O–H groups in total. The quantitative estimate of drug-likeness (QED) is 0.560. The van der Waals surface area contributed by atoms with Crippen molar-refractivity contribution in [3.8, 4) is 0 Å². The summed E-state index contributed by atoms with van der Waals surface area (Å²) < 4.78 is 2.32. The Balaban J connectivity index is 2.17. The highest BCUT2D eigenvalue weighted by Gasteiger charge is 2.19. The van der Waals surface area contributed by atoms with Gasteiger partial charge in [-0.05, 0) is 59.1 Å². The molecule has 0 heterocycles. The lowest BCUT2D eigenvalue weighted by molar-refractivity contribution is 0.985. The molecular formula is C18H15Br2N. The molecule has 21 heavy (non-hydrogen) atoms. The van der Waals surface area contributed by atoms with Crippen molar-refractivity contribution in [2.24, 2.45) is 0 Å². The number of hydrogen-bond acceptors (Lipinski definition) is 1. The summed E-state index contributed by atoms with van der Waals surface area (Å²) in [5, 5.41) is 0. The third-order valence-corrected chi connectivity index (χ3v) is 4.91. The number of para-hydroxylation sites is 2. The van der Waals surface area contributed by atoms with E-state index in [1.165, 1.54) is 10.2 Å². The molecule has 1 nitrogen and oxygen atoms in total. The highest BCUT2D eigenvalue weighted by Crippen LogP contribution is 2.39. The smallest absolute Gasteiger partial charge is 0.0604 e. The number of rotatable bonds is 3. The van der Waals surface area contributed by atoms with Crippen molar-refractivity contribution in [1.29, 1.82) is 0 Å². The summed E-state index contributed by atoms with van der Waals surface area (Å²) in [6, 6.07) is 18.8. The maximum absolute atomic E-state index is 3.75. The fourth-order valence-corrected chi connectivity index (χ4v) is 3.44. The molecule has 0 aromatic heterocycles. The standard InChI is InChI=1S/C18H15Br2N/c19-15-10-4-6-12-17(15)21(14-8-2-1-3-9-14)18-13-7-5-11-16(18)20/h1-4,6-10,12-13H,5,11H2. The molecule has 0 radical (unpaired) electrons. The summed E-state index contributed by atoms with van der Waals surface area (Å²) in [7, 11) is 0. The second-order valence-corrected chi connectivity index (χ2v) is 6.67. The van der Waals surface area contributed by atoms with E-state index in [0.717, 1.165) is 28.7 Å². The van der Waals surface area contributed by atoms with Crippen LogP contribution in [0.1, 0.15) is 12.8 Å². The Morgan fingerprint density at radius 3 is 2.29 bits per heavy atom. The van der Waals surface area contributed by atoms with Crippen LogP contribution in [0.3, 0.4) is 0 Å². The Bertz CT molecular complexity index is 689. The molecule has 0 saturated heterocycles. The molecule has 0 saturated carbocycles. The molecule has 0 bridgehead atoms. The van der Waals surface area contributed by atoms with Crippen LogP contribution in [0.25, 0.3) is 0 Å². The molecule has 3 heteroatoms. The third-order valence-electron chi connectivity index (χ3n) is 3.43. The molecule has 0 atom stereocenters. The number of hydrogen-bond donors (Lipinski definition) is 0. The minimum absolute atomic E-state index is 1.04. The van der Waals surface area contributed by atoms with Crippen LogP contribution in [0, 0.1) is 0 Å². The van der Waals surface area contributed by atoms with Gasteiger partial charge in [0.1, 0.15) is 0 Å².